The number of rotatable bonds is 2. The number of benzene rings is 1. The van der Waals surface area contributed by atoms with E-state index in [0.29, 0.717) is 18.0 Å². The minimum atomic E-state index is 0.309. The maximum Gasteiger partial charge on any atom is 0.0723 e. The molecule has 0 N–H and O–H groups in total. The van der Waals surface area contributed by atoms with E-state index in [1.807, 2.05) is 0 Å². The van der Waals surface area contributed by atoms with Gasteiger partial charge in [-0.25, -0.2) is 0 Å². The van der Waals surface area contributed by atoms with Crippen molar-refractivity contribution in [2.45, 2.75) is 31.9 Å². The molecule has 1 heterocycles. The summed E-state index contributed by atoms with van der Waals surface area (Å²) < 4.78 is 5.62. The summed E-state index contributed by atoms with van der Waals surface area (Å²) in [6.45, 7) is 6.08. The van der Waals surface area contributed by atoms with Crippen LogP contribution in [0.25, 0.3) is 0 Å². The van der Waals surface area contributed by atoms with Gasteiger partial charge in [-0.3, -0.25) is 0 Å². The van der Waals surface area contributed by atoms with Crippen LogP contribution in [0.5, 0.6) is 0 Å². The first-order chi connectivity index (χ1) is 7.70. The van der Waals surface area contributed by atoms with Crippen LogP contribution >= 0.6 is 11.6 Å². The fraction of sp³-hybridized carbons (Fsp3) is 0.538. The number of morpholine rings is 1. The Labute approximate surface area is 102 Å². The molecule has 0 amide bonds. The molecule has 1 saturated heterocycles. The van der Waals surface area contributed by atoms with E-state index < -0.39 is 0 Å². The molecular weight excluding hydrogens is 222 g/mol. The molecule has 2 rings (SSSR count). The normalized spacial score (nSPS) is 25.8. The van der Waals surface area contributed by atoms with Gasteiger partial charge in [0.2, 0.25) is 0 Å². The number of anilines is 1. The van der Waals surface area contributed by atoms with Crippen molar-refractivity contribution in [3.63, 3.8) is 0 Å². The fourth-order valence-corrected chi connectivity index (χ4v) is 2.22. The zero-order valence-electron chi connectivity index (χ0n) is 9.82. The van der Waals surface area contributed by atoms with Crippen LogP contribution in [0.3, 0.4) is 0 Å². The van der Waals surface area contributed by atoms with Crippen LogP contribution < -0.4 is 4.90 Å². The lowest BCUT2D eigenvalue weighted by Gasteiger charge is -2.38. The smallest absolute Gasteiger partial charge is 0.0723 e. The lowest BCUT2D eigenvalue weighted by Crippen LogP contribution is -2.47. The van der Waals surface area contributed by atoms with Gasteiger partial charge in [0.25, 0.3) is 0 Å². The topological polar surface area (TPSA) is 12.5 Å². The van der Waals surface area contributed by atoms with Gasteiger partial charge in [-0.1, -0.05) is 12.1 Å². The largest absolute Gasteiger partial charge is 0.375 e. The summed E-state index contributed by atoms with van der Waals surface area (Å²) in [5, 5.41) is 0. The van der Waals surface area contributed by atoms with Crippen LogP contribution in [-0.4, -0.2) is 25.3 Å². The number of alkyl halides is 1. The van der Waals surface area contributed by atoms with Crippen molar-refractivity contribution in [1.29, 1.82) is 0 Å². The highest BCUT2D eigenvalue weighted by Crippen LogP contribution is 2.22. The van der Waals surface area contributed by atoms with Crippen LogP contribution in [0, 0.1) is 0 Å². The summed E-state index contributed by atoms with van der Waals surface area (Å²) in [6.07, 6.45) is 0.309. The zero-order chi connectivity index (χ0) is 11.5. The van der Waals surface area contributed by atoms with E-state index in [0.717, 1.165) is 13.2 Å². The molecule has 2 atom stereocenters. The Kier molecular flexibility index (Phi) is 3.72. The average Bonchev–Trinajstić information content (AvgIpc) is 2.32. The molecule has 1 aliphatic heterocycles. The molecule has 0 radical (unpaired) electrons. The molecule has 0 aliphatic carbocycles. The summed E-state index contributed by atoms with van der Waals surface area (Å²) >= 11 is 5.78. The van der Waals surface area contributed by atoms with Gasteiger partial charge in [0.15, 0.2) is 0 Å². The van der Waals surface area contributed by atoms with Crippen molar-refractivity contribution >= 4 is 17.3 Å². The Bertz CT molecular complexity index is 338. The van der Waals surface area contributed by atoms with Gasteiger partial charge in [-0.05, 0) is 31.5 Å². The van der Waals surface area contributed by atoms with Gasteiger partial charge >= 0.3 is 0 Å². The van der Waals surface area contributed by atoms with Gasteiger partial charge in [0.1, 0.15) is 0 Å². The summed E-state index contributed by atoms with van der Waals surface area (Å²) in [6, 6.07) is 8.92. The van der Waals surface area contributed by atoms with Crippen LogP contribution in [0.15, 0.2) is 24.3 Å². The molecule has 1 aliphatic rings. The molecular formula is C13H18ClNO. The molecule has 88 valence electrons. The Morgan fingerprint density at radius 3 is 2.62 bits per heavy atom. The predicted molar refractivity (Wildman–Crippen MR) is 68.2 cm³/mol. The second-order valence-corrected chi connectivity index (χ2v) is 4.71. The highest BCUT2D eigenvalue weighted by atomic mass is 35.5. The molecule has 2 unspecified atom stereocenters. The van der Waals surface area contributed by atoms with Crippen LogP contribution in [0.2, 0.25) is 0 Å². The van der Waals surface area contributed by atoms with E-state index in [9.17, 15) is 0 Å². The third-order valence-corrected chi connectivity index (χ3v) is 3.34. The minimum Gasteiger partial charge on any atom is -0.375 e. The molecule has 0 bridgehead atoms. The van der Waals surface area contributed by atoms with Gasteiger partial charge < -0.3 is 9.64 Å². The fourth-order valence-electron chi connectivity index (χ4n) is 2.04. The van der Waals surface area contributed by atoms with Crippen molar-refractivity contribution in [1.82, 2.24) is 0 Å². The van der Waals surface area contributed by atoms with E-state index in [1.165, 1.54) is 11.3 Å². The van der Waals surface area contributed by atoms with Crippen LogP contribution in [0.4, 0.5) is 5.69 Å². The van der Waals surface area contributed by atoms with E-state index in [1.54, 1.807) is 0 Å². The lowest BCUT2D eigenvalue weighted by atomic mass is 10.1. The van der Waals surface area contributed by atoms with Crippen molar-refractivity contribution in [3.8, 4) is 0 Å². The molecule has 0 aromatic heterocycles. The molecule has 2 nitrogen and oxygen atoms in total. The Morgan fingerprint density at radius 1 is 1.31 bits per heavy atom. The number of hydrogen-bond acceptors (Lipinski definition) is 2. The maximum atomic E-state index is 5.78. The first-order valence-corrected chi connectivity index (χ1v) is 6.27. The minimum absolute atomic E-state index is 0.309. The molecule has 16 heavy (non-hydrogen) atoms. The van der Waals surface area contributed by atoms with Crippen LogP contribution in [-0.2, 0) is 10.6 Å². The number of hydrogen-bond donors (Lipinski definition) is 0. The standard InChI is InChI=1S/C13H18ClNO/c1-10-9-16-11(2)8-15(10)13-5-3-12(7-14)4-6-13/h3-6,10-11H,7-9H2,1-2H3. The maximum absolute atomic E-state index is 5.78. The summed E-state index contributed by atoms with van der Waals surface area (Å²) in [7, 11) is 0. The van der Waals surface area contributed by atoms with Crippen molar-refractivity contribution in [2.24, 2.45) is 0 Å². The summed E-state index contributed by atoms with van der Waals surface area (Å²) in [5.74, 6) is 0.579. The Morgan fingerprint density at radius 2 is 2.00 bits per heavy atom. The van der Waals surface area contributed by atoms with E-state index >= 15 is 0 Å². The molecule has 1 aromatic rings. The first kappa shape index (κ1) is 11.7. The highest BCUT2D eigenvalue weighted by molar-refractivity contribution is 6.17. The first-order valence-electron chi connectivity index (χ1n) is 5.74. The molecule has 0 spiro atoms. The zero-order valence-corrected chi connectivity index (χ0v) is 10.6. The second-order valence-electron chi connectivity index (χ2n) is 4.45. The number of ether oxygens (including phenoxy) is 1. The third-order valence-electron chi connectivity index (χ3n) is 3.03. The molecule has 3 heteroatoms. The molecule has 1 aromatic carbocycles. The molecule has 1 fully saturated rings. The van der Waals surface area contributed by atoms with Gasteiger partial charge in [-0.2, -0.15) is 0 Å². The highest BCUT2D eigenvalue weighted by Gasteiger charge is 2.23. The van der Waals surface area contributed by atoms with Gasteiger partial charge in [-0.15, -0.1) is 11.6 Å². The second kappa shape index (κ2) is 5.07. The van der Waals surface area contributed by atoms with E-state index in [-0.39, 0.29) is 0 Å². The van der Waals surface area contributed by atoms with Crippen LogP contribution in [0.1, 0.15) is 19.4 Å². The van der Waals surface area contributed by atoms with Gasteiger partial charge in [0, 0.05) is 24.2 Å². The Hall–Kier alpha value is -0.730. The number of halogens is 1. The van der Waals surface area contributed by atoms with Gasteiger partial charge in [0.05, 0.1) is 12.7 Å². The monoisotopic (exact) mass is 239 g/mol. The Balaban J connectivity index is 2.15. The van der Waals surface area contributed by atoms with Crippen molar-refractivity contribution in [3.05, 3.63) is 29.8 Å². The molecule has 0 saturated carbocycles. The van der Waals surface area contributed by atoms with Crippen molar-refractivity contribution in [2.75, 3.05) is 18.1 Å². The lowest BCUT2D eigenvalue weighted by molar-refractivity contribution is 0.0344. The average molecular weight is 240 g/mol. The third kappa shape index (κ3) is 2.50. The summed E-state index contributed by atoms with van der Waals surface area (Å²) in [5.41, 5.74) is 2.43. The SMILES string of the molecule is CC1CN(c2ccc(CCl)cc2)C(C)CO1. The number of nitrogens with zero attached hydrogens (tertiary/aromatic N) is 1. The van der Waals surface area contributed by atoms with Crippen molar-refractivity contribution < 1.29 is 4.74 Å². The predicted octanol–water partition coefficient (Wildman–Crippen LogP) is 3.04. The quantitative estimate of drug-likeness (QED) is 0.736. The van der Waals surface area contributed by atoms with E-state index in [2.05, 4.69) is 43.0 Å². The van der Waals surface area contributed by atoms with E-state index in [4.69, 9.17) is 16.3 Å². The summed E-state index contributed by atoms with van der Waals surface area (Å²) in [4.78, 5) is 2.40.